The maximum absolute atomic E-state index is 11.8. The minimum absolute atomic E-state index is 0.0384. The van der Waals surface area contributed by atoms with Crippen LogP contribution in [0.3, 0.4) is 0 Å². The molecule has 0 saturated carbocycles. The SMILES string of the molecule is CCCNC(=O)N1CCN(c2ccc(C)nn2)CC1. The molecule has 19 heavy (non-hydrogen) atoms. The highest BCUT2D eigenvalue weighted by molar-refractivity contribution is 5.74. The van der Waals surface area contributed by atoms with Crippen molar-refractivity contribution in [3.05, 3.63) is 17.8 Å². The first-order valence-electron chi connectivity index (χ1n) is 6.78. The summed E-state index contributed by atoms with van der Waals surface area (Å²) in [6.45, 7) is 7.77. The second-order valence-electron chi connectivity index (χ2n) is 4.74. The molecule has 1 saturated heterocycles. The molecule has 0 radical (unpaired) electrons. The van der Waals surface area contributed by atoms with Crippen molar-refractivity contribution in [2.45, 2.75) is 20.3 Å². The number of aromatic nitrogens is 2. The molecule has 0 atom stereocenters. The lowest BCUT2D eigenvalue weighted by atomic mass is 10.3. The van der Waals surface area contributed by atoms with Crippen LogP contribution in [0, 0.1) is 6.92 Å². The van der Waals surface area contributed by atoms with Crippen LogP contribution in [-0.2, 0) is 0 Å². The van der Waals surface area contributed by atoms with Gasteiger partial charge < -0.3 is 15.1 Å². The van der Waals surface area contributed by atoms with Crippen LogP contribution in [0.4, 0.5) is 10.6 Å². The lowest BCUT2D eigenvalue weighted by Crippen LogP contribution is -2.52. The number of aryl methyl sites for hydroxylation is 1. The fourth-order valence-corrected chi connectivity index (χ4v) is 2.04. The predicted molar refractivity (Wildman–Crippen MR) is 74.2 cm³/mol. The van der Waals surface area contributed by atoms with Crippen LogP contribution < -0.4 is 10.2 Å². The summed E-state index contributed by atoms with van der Waals surface area (Å²) in [5, 5.41) is 11.1. The number of carbonyl (C=O) groups is 1. The van der Waals surface area contributed by atoms with E-state index >= 15 is 0 Å². The number of rotatable bonds is 3. The van der Waals surface area contributed by atoms with Crippen LogP contribution in [0.2, 0.25) is 0 Å². The fraction of sp³-hybridized carbons (Fsp3) is 0.615. The molecule has 6 nitrogen and oxygen atoms in total. The molecule has 6 heteroatoms. The van der Waals surface area contributed by atoms with E-state index in [9.17, 15) is 4.79 Å². The monoisotopic (exact) mass is 263 g/mol. The van der Waals surface area contributed by atoms with Crippen LogP contribution >= 0.6 is 0 Å². The van der Waals surface area contributed by atoms with Crippen molar-refractivity contribution in [2.75, 3.05) is 37.6 Å². The molecular formula is C13H21N5O. The molecule has 1 aromatic rings. The lowest BCUT2D eigenvalue weighted by molar-refractivity contribution is 0.194. The number of nitrogens with zero attached hydrogens (tertiary/aromatic N) is 4. The van der Waals surface area contributed by atoms with Gasteiger partial charge in [0.25, 0.3) is 0 Å². The summed E-state index contributed by atoms with van der Waals surface area (Å²) in [6, 6.07) is 3.98. The molecule has 1 N–H and O–H groups in total. The van der Waals surface area contributed by atoms with Crippen LogP contribution in [0.25, 0.3) is 0 Å². The van der Waals surface area contributed by atoms with Gasteiger partial charge >= 0.3 is 6.03 Å². The normalized spacial score (nSPS) is 15.5. The van der Waals surface area contributed by atoms with E-state index in [4.69, 9.17) is 0 Å². The van der Waals surface area contributed by atoms with E-state index < -0.39 is 0 Å². The van der Waals surface area contributed by atoms with Crippen molar-refractivity contribution in [3.8, 4) is 0 Å². The third kappa shape index (κ3) is 3.56. The predicted octanol–water partition coefficient (Wildman–Crippen LogP) is 1.03. The van der Waals surface area contributed by atoms with Crippen molar-refractivity contribution in [1.82, 2.24) is 20.4 Å². The van der Waals surface area contributed by atoms with Gasteiger partial charge in [0.15, 0.2) is 5.82 Å². The Balaban J connectivity index is 1.85. The molecule has 0 aliphatic carbocycles. The molecule has 104 valence electrons. The van der Waals surface area contributed by atoms with Crippen molar-refractivity contribution >= 4 is 11.8 Å². The molecule has 0 unspecified atom stereocenters. The number of carbonyl (C=O) groups excluding carboxylic acids is 1. The standard InChI is InChI=1S/C13H21N5O/c1-3-6-14-13(19)18-9-7-17(8-10-18)12-5-4-11(2)15-16-12/h4-5H,3,6-10H2,1-2H3,(H,14,19). The second-order valence-corrected chi connectivity index (χ2v) is 4.74. The Kier molecular flexibility index (Phi) is 4.54. The van der Waals surface area contributed by atoms with Crippen LogP contribution in [0.1, 0.15) is 19.0 Å². The summed E-state index contributed by atoms with van der Waals surface area (Å²) < 4.78 is 0. The smallest absolute Gasteiger partial charge is 0.317 e. The molecule has 1 aromatic heterocycles. The molecule has 0 spiro atoms. The highest BCUT2D eigenvalue weighted by Crippen LogP contribution is 2.12. The van der Waals surface area contributed by atoms with E-state index in [1.165, 1.54) is 0 Å². The van der Waals surface area contributed by atoms with Crippen molar-refractivity contribution < 1.29 is 4.79 Å². The third-order valence-electron chi connectivity index (χ3n) is 3.20. The van der Waals surface area contributed by atoms with Gasteiger partial charge in [-0.2, -0.15) is 5.10 Å². The minimum Gasteiger partial charge on any atom is -0.352 e. The number of nitrogens with one attached hydrogen (secondary N) is 1. The average molecular weight is 263 g/mol. The molecule has 1 aliphatic rings. The Hall–Kier alpha value is -1.85. The number of anilines is 1. The molecule has 1 fully saturated rings. The van der Waals surface area contributed by atoms with Crippen molar-refractivity contribution in [1.29, 1.82) is 0 Å². The lowest BCUT2D eigenvalue weighted by Gasteiger charge is -2.35. The number of hydrogen-bond donors (Lipinski definition) is 1. The number of amides is 2. The van der Waals surface area contributed by atoms with Gasteiger partial charge in [-0.15, -0.1) is 5.10 Å². The van der Waals surface area contributed by atoms with E-state index in [-0.39, 0.29) is 6.03 Å². The van der Waals surface area contributed by atoms with Gasteiger partial charge in [0.05, 0.1) is 5.69 Å². The first-order chi connectivity index (χ1) is 9.20. The summed E-state index contributed by atoms with van der Waals surface area (Å²) in [5.74, 6) is 0.888. The van der Waals surface area contributed by atoms with Gasteiger partial charge in [-0.25, -0.2) is 4.79 Å². The first-order valence-corrected chi connectivity index (χ1v) is 6.78. The first kappa shape index (κ1) is 13.6. The zero-order valence-corrected chi connectivity index (χ0v) is 11.6. The van der Waals surface area contributed by atoms with Crippen molar-refractivity contribution in [2.24, 2.45) is 0 Å². The highest BCUT2D eigenvalue weighted by Gasteiger charge is 2.21. The Morgan fingerprint density at radius 2 is 2.00 bits per heavy atom. The number of hydrogen-bond acceptors (Lipinski definition) is 4. The number of piperazine rings is 1. The Labute approximate surface area is 113 Å². The van der Waals surface area contributed by atoms with Gasteiger partial charge in [-0.1, -0.05) is 6.92 Å². The van der Waals surface area contributed by atoms with E-state index in [0.717, 1.165) is 50.7 Å². The Bertz CT molecular complexity index is 412. The Morgan fingerprint density at radius 3 is 2.58 bits per heavy atom. The average Bonchev–Trinajstić information content (AvgIpc) is 2.46. The Morgan fingerprint density at radius 1 is 1.26 bits per heavy atom. The molecule has 1 aliphatic heterocycles. The van der Waals surface area contributed by atoms with Crippen LogP contribution in [-0.4, -0.2) is 53.9 Å². The van der Waals surface area contributed by atoms with Crippen molar-refractivity contribution in [3.63, 3.8) is 0 Å². The van der Waals surface area contributed by atoms with Gasteiger partial charge in [0.2, 0.25) is 0 Å². The van der Waals surface area contributed by atoms with E-state index in [1.54, 1.807) is 0 Å². The van der Waals surface area contributed by atoms with E-state index in [0.29, 0.717) is 0 Å². The highest BCUT2D eigenvalue weighted by atomic mass is 16.2. The number of urea groups is 1. The van der Waals surface area contributed by atoms with Crippen LogP contribution in [0.15, 0.2) is 12.1 Å². The second kappa shape index (κ2) is 6.36. The summed E-state index contributed by atoms with van der Waals surface area (Å²) in [4.78, 5) is 15.8. The summed E-state index contributed by atoms with van der Waals surface area (Å²) >= 11 is 0. The molecule has 0 aromatic carbocycles. The van der Waals surface area contributed by atoms with Gasteiger partial charge in [-0.3, -0.25) is 0 Å². The van der Waals surface area contributed by atoms with E-state index in [2.05, 4.69) is 20.4 Å². The summed E-state index contributed by atoms with van der Waals surface area (Å²) in [6.07, 6.45) is 0.963. The topological polar surface area (TPSA) is 61.4 Å². The molecule has 2 amide bonds. The van der Waals surface area contributed by atoms with Gasteiger partial charge in [0, 0.05) is 32.7 Å². The van der Waals surface area contributed by atoms with E-state index in [1.807, 2.05) is 30.9 Å². The van der Waals surface area contributed by atoms with Crippen LogP contribution in [0.5, 0.6) is 0 Å². The molecule has 2 heterocycles. The maximum atomic E-state index is 11.8. The molecular weight excluding hydrogens is 242 g/mol. The summed E-state index contributed by atoms with van der Waals surface area (Å²) in [7, 11) is 0. The largest absolute Gasteiger partial charge is 0.352 e. The fourth-order valence-electron chi connectivity index (χ4n) is 2.04. The molecule has 0 bridgehead atoms. The zero-order valence-electron chi connectivity index (χ0n) is 11.6. The summed E-state index contributed by atoms with van der Waals surface area (Å²) in [5.41, 5.74) is 0.918. The van der Waals surface area contributed by atoms with Gasteiger partial charge in [0.1, 0.15) is 0 Å². The zero-order chi connectivity index (χ0) is 13.7. The molecule has 2 rings (SSSR count). The quantitative estimate of drug-likeness (QED) is 0.884. The third-order valence-corrected chi connectivity index (χ3v) is 3.20. The maximum Gasteiger partial charge on any atom is 0.317 e. The van der Waals surface area contributed by atoms with Gasteiger partial charge in [-0.05, 0) is 25.5 Å². The minimum atomic E-state index is 0.0384.